The van der Waals surface area contributed by atoms with Gasteiger partial charge in [0, 0.05) is 11.8 Å². The van der Waals surface area contributed by atoms with Crippen LogP contribution in [0.4, 0.5) is 0 Å². The molecular formula is C33H52O3. The van der Waals surface area contributed by atoms with Gasteiger partial charge in [-0.3, -0.25) is 9.59 Å². The van der Waals surface area contributed by atoms with Crippen LogP contribution in [0.25, 0.3) is 0 Å². The van der Waals surface area contributed by atoms with Crippen molar-refractivity contribution in [3.8, 4) is 0 Å². The lowest BCUT2D eigenvalue weighted by molar-refractivity contribution is -0.150. The number of esters is 1. The highest BCUT2D eigenvalue weighted by Crippen LogP contribution is 2.29. The summed E-state index contributed by atoms with van der Waals surface area (Å²) in [5.41, 5.74) is 1.51. The molecule has 36 heavy (non-hydrogen) atoms. The number of ether oxygens (including phenoxy) is 1. The van der Waals surface area contributed by atoms with Gasteiger partial charge in [0.15, 0.2) is 5.78 Å². The normalized spacial score (nSPS) is 22.6. The van der Waals surface area contributed by atoms with Crippen molar-refractivity contribution < 1.29 is 14.3 Å². The molecule has 0 heterocycles. The molecule has 0 bridgehead atoms. The van der Waals surface area contributed by atoms with Crippen LogP contribution >= 0.6 is 0 Å². The first-order valence-corrected chi connectivity index (χ1v) is 14.3. The molecule has 0 aromatic rings. The number of rotatable bonds is 15. The smallest absolute Gasteiger partial charge is 0.306 e. The average Bonchev–Trinajstić information content (AvgIpc) is 2.85. The van der Waals surface area contributed by atoms with Crippen molar-refractivity contribution >= 4 is 11.8 Å². The summed E-state index contributed by atoms with van der Waals surface area (Å²) in [5.74, 6) is -0.121. The number of allylic oxidation sites excluding steroid dienone is 8. The summed E-state index contributed by atoms with van der Waals surface area (Å²) in [5, 5.41) is 0. The molecule has 0 N–H and O–H groups in total. The summed E-state index contributed by atoms with van der Waals surface area (Å²) < 4.78 is 5.92. The molecule has 1 aliphatic carbocycles. The molecule has 0 fully saturated rings. The van der Waals surface area contributed by atoms with Crippen molar-refractivity contribution in [2.75, 3.05) is 0 Å². The number of carbonyl (C=O) groups is 2. The minimum Gasteiger partial charge on any atom is -0.457 e. The van der Waals surface area contributed by atoms with Crippen molar-refractivity contribution in [3.63, 3.8) is 0 Å². The second-order valence-corrected chi connectivity index (χ2v) is 10.8. The topological polar surface area (TPSA) is 43.4 Å². The highest BCUT2D eigenvalue weighted by atomic mass is 16.5. The molecule has 0 aromatic carbocycles. The van der Waals surface area contributed by atoms with Crippen molar-refractivity contribution in [1.29, 1.82) is 0 Å². The van der Waals surface area contributed by atoms with Crippen molar-refractivity contribution in [2.45, 2.75) is 131 Å². The summed E-state index contributed by atoms with van der Waals surface area (Å²) in [6.45, 7) is 10.2. The summed E-state index contributed by atoms with van der Waals surface area (Å²) in [4.78, 5) is 24.9. The second kappa shape index (κ2) is 19.0. The molecule has 0 saturated carbocycles. The molecule has 1 aliphatic rings. The average molecular weight is 497 g/mol. The molecule has 1 rings (SSSR count). The Bertz CT molecular complexity index is 792. The van der Waals surface area contributed by atoms with Gasteiger partial charge in [0.05, 0.1) is 0 Å². The Hall–Kier alpha value is -2.16. The third-order valence-electron chi connectivity index (χ3n) is 6.80. The SMILES string of the molecule is CCCCC/C=C\C/C=C\CCCCCCCC(=O)O[C@@H]1/C=C(\C)CC/C=C(\C)C(=O)/C=C/C1(C)C. The van der Waals surface area contributed by atoms with Crippen LogP contribution in [-0.4, -0.2) is 17.9 Å². The maximum atomic E-state index is 12.6. The van der Waals surface area contributed by atoms with E-state index >= 15 is 0 Å². The summed E-state index contributed by atoms with van der Waals surface area (Å²) in [6.07, 6.45) is 31.3. The molecule has 0 radical (unpaired) electrons. The molecule has 3 heteroatoms. The van der Waals surface area contributed by atoms with Gasteiger partial charge in [0.25, 0.3) is 0 Å². The predicted molar refractivity (Wildman–Crippen MR) is 154 cm³/mol. The molecule has 1 atom stereocenters. The lowest BCUT2D eigenvalue weighted by atomic mass is 9.84. The fourth-order valence-electron chi connectivity index (χ4n) is 4.16. The molecule has 0 amide bonds. The minimum atomic E-state index is -0.449. The largest absolute Gasteiger partial charge is 0.457 e. The van der Waals surface area contributed by atoms with Crippen LogP contribution in [0.15, 0.2) is 59.8 Å². The molecular weight excluding hydrogens is 444 g/mol. The summed E-state index contributed by atoms with van der Waals surface area (Å²) in [7, 11) is 0. The Balaban J connectivity index is 2.31. The maximum Gasteiger partial charge on any atom is 0.306 e. The first-order chi connectivity index (χ1) is 17.3. The van der Waals surface area contributed by atoms with Crippen LogP contribution in [-0.2, 0) is 14.3 Å². The van der Waals surface area contributed by atoms with E-state index in [2.05, 4.69) is 44.2 Å². The predicted octanol–water partition coefficient (Wildman–Crippen LogP) is 9.55. The van der Waals surface area contributed by atoms with Crippen LogP contribution < -0.4 is 0 Å². The lowest BCUT2D eigenvalue weighted by Gasteiger charge is -2.29. The van der Waals surface area contributed by atoms with E-state index in [1.807, 2.05) is 32.9 Å². The zero-order valence-corrected chi connectivity index (χ0v) is 23.8. The first kappa shape index (κ1) is 31.9. The lowest BCUT2D eigenvalue weighted by Crippen LogP contribution is -2.31. The number of unbranched alkanes of at least 4 members (excludes halogenated alkanes) is 8. The summed E-state index contributed by atoms with van der Waals surface area (Å²) >= 11 is 0. The number of ketones is 1. The molecule has 0 aliphatic heterocycles. The van der Waals surface area contributed by atoms with E-state index in [1.54, 1.807) is 6.08 Å². The van der Waals surface area contributed by atoms with Crippen molar-refractivity contribution in [1.82, 2.24) is 0 Å². The Morgan fingerprint density at radius 3 is 2.31 bits per heavy atom. The molecule has 0 aromatic heterocycles. The fraction of sp³-hybridized carbons (Fsp3) is 0.636. The molecule has 0 unspecified atom stereocenters. The first-order valence-electron chi connectivity index (χ1n) is 14.3. The quantitative estimate of drug-likeness (QED) is 0.129. The Labute approximate surface area is 221 Å². The van der Waals surface area contributed by atoms with Crippen LogP contribution in [0.3, 0.4) is 0 Å². The summed E-state index contributed by atoms with van der Waals surface area (Å²) in [6, 6.07) is 0. The Morgan fingerprint density at radius 1 is 0.972 bits per heavy atom. The van der Waals surface area contributed by atoms with Crippen LogP contribution in [0.5, 0.6) is 0 Å². The van der Waals surface area contributed by atoms with E-state index in [1.165, 1.54) is 44.1 Å². The molecule has 0 spiro atoms. The zero-order chi connectivity index (χ0) is 26.7. The van der Waals surface area contributed by atoms with E-state index in [0.29, 0.717) is 6.42 Å². The van der Waals surface area contributed by atoms with Crippen LogP contribution in [0.1, 0.15) is 125 Å². The van der Waals surface area contributed by atoms with Crippen LogP contribution in [0.2, 0.25) is 0 Å². The van der Waals surface area contributed by atoms with E-state index in [-0.39, 0.29) is 17.9 Å². The second-order valence-electron chi connectivity index (χ2n) is 10.8. The van der Waals surface area contributed by atoms with Gasteiger partial charge in [-0.1, -0.05) is 94.9 Å². The number of hydrogen-bond acceptors (Lipinski definition) is 3. The maximum absolute atomic E-state index is 12.6. The van der Waals surface area contributed by atoms with Gasteiger partial charge < -0.3 is 4.74 Å². The van der Waals surface area contributed by atoms with Gasteiger partial charge in [-0.25, -0.2) is 0 Å². The third-order valence-corrected chi connectivity index (χ3v) is 6.80. The Morgan fingerprint density at radius 2 is 1.61 bits per heavy atom. The van der Waals surface area contributed by atoms with Crippen molar-refractivity contribution in [2.24, 2.45) is 5.41 Å². The monoisotopic (exact) mass is 496 g/mol. The number of hydrogen-bond donors (Lipinski definition) is 0. The minimum absolute atomic E-state index is 0.0258. The zero-order valence-electron chi connectivity index (χ0n) is 23.8. The fourth-order valence-corrected chi connectivity index (χ4v) is 4.16. The van der Waals surface area contributed by atoms with Crippen LogP contribution in [0, 0.1) is 5.41 Å². The van der Waals surface area contributed by atoms with E-state index < -0.39 is 5.41 Å². The Kier molecular flexibility index (Phi) is 16.8. The van der Waals surface area contributed by atoms with E-state index in [9.17, 15) is 9.59 Å². The van der Waals surface area contributed by atoms with Crippen molar-refractivity contribution in [3.05, 3.63) is 59.8 Å². The molecule has 0 saturated heterocycles. The van der Waals surface area contributed by atoms with E-state index in [0.717, 1.165) is 50.5 Å². The molecule has 202 valence electrons. The molecule has 3 nitrogen and oxygen atoms in total. The number of carbonyl (C=O) groups excluding carboxylic acids is 2. The van der Waals surface area contributed by atoms with Gasteiger partial charge in [0.2, 0.25) is 0 Å². The highest BCUT2D eigenvalue weighted by molar-refractivity contribution is 6.03. The van der Waals surface area contributed by atoms with Gasteiger partial charge in [0.1, 0.15) is 6.10 Å². The van der Waals surface area contributed by atoms with Gasteiger partial charge in [-0.15, -0.1) is 0 Å². The van der Waals surface area contributed by atoms with Gasteiger partial charge in [-0.2, -0.15) is 0 Å². The third kappa shape index (κ3) is 15.1. The van der Waals surface area contributed by atoms with Gasteiger partial charge in [-0.05, 0) is 82.9 Å². The standard InChI is InChI=1S/C33H52O3/c1-6-7-8-9-10-11-12-13-14-15-16-17-18-19-20-24-32(35)36-31-27-28(2)22-21-23-29(3)30(34)25-26-33(31,4)5/h10-11,13-14,23,25-27,31H,6-9,12,15-22,24H2,1-5H3/b11-10-,14-13-,26-25+,28-27+,29-23+/t31-/m1/s1. The van der Waals surface area contributed by atoms with Gasteiger partial charge >= 0.3 is 5.97 Å². The highest BCUT2D eigenvalue weighted by Gasteiger charge is 2.29. The van der Waals surface area contributed by atoms with E-state index in [4.69, 9.17) is 4.74 Å².